The first-order valence-electron chi connectivity index (χ1n) is 4.77. The molecule has 2 nitrogen and oxygen atoms in total. The molecule has 0 aliphatic rings. The molecule has 0 amide bonds. The summed E-state index contributed by atoms with van der Waals surface area (Å²) >= 11 is 3.47. The number of hydrogen-bond acceptors (Lipinski definition) is 4. The van der Waals surface area contributed by atoms with Crippen LogP contribution < -0.4 is 11.3 Å². The molecule has 0 saturated carbocycles. The number of nitrogens with two attached hydrogens (primary N) is 1. The predicted octanol–water partition coefficient (Wildman–Crippen LogP) is 2.98. The van der Waals surface area contributed by atoms with Crippen LogP contribution in [0.15, 0.2) is 22.2 Å². The molecule has 0 fully saturated rings. The van der Waals surface area contributed by atoms with Gasteiger partial charge in [0.25, 0.3) is 0 Å². The molecule has 2 aromatic rings. The number of nitrogens with one attached hydrogen (secondary N) is 1. The van der Waals surface area contributed by atoms with E-state index in [0.717, 1.165) is 0 Å². The van der Waals surface area contributed by atoms with Crippen molar-refractivity contribution in [2.24, 2.45) is 5.84 Å². The second kappa shape index (κ2) is 4.45. The maximum atomic E-state index is 5.65. The lowest BCUT2D eigenvalue weighted by atomic mass is 10.0. The average molecular weight is 238 g/mol. The Morgan fingerprint density at radius 3 is 2.53 bits per heavy atom. The SMILES string of the molecule is Cc1cscc1C(NN)c1sccc1C. The fourth-order valence-electron chi connectivity index (χ4n) is 1.65. The summed E-state index contributed by atoms with van der Waals surface area (Å²) in [6, 6.07) is 2.27. The summed E-state index contributed by atoms with van der Waals surface area (Å²) in [6.07, 6.45) is 0. The minimum absolute atomic E-state index is 0.135. The number of thiophene rings is 2. The van der Waals surface area contributed by atoms with Crippen molar-refractivity contribution in [2.75, 3.05) is 0 Å². The smallest absolute Gasteiger partial charge is 0.0815 e. The van der Waals surface area contributed by atoms with Crippen LogP contribution in [0, 0.1) is 13.8 Å². The molecule has 80 valence electrons. The van der Waals surface area contributed by atoms with Gasteiger partial charge >= 0.3 is 0 Å². The Bertz CT molecular complexity index is 405. The zero-order valence-electron chi connectivity index (χ0n) is 8.78. The zero-order chi connectivity index (χ0) is 10.8. The number of aryl methyl sites for hydroxylation is 2. The van der Waals surface area contributed by atoms with E-state index in [-0.39, 0.29) is 6.04 Å². The van der Waals surface area contributed by atoms with Gasteiger partial charge in [0, 0.05) is 4.88 Å². The third kappa shape index (κ3) is 1.99. The minimum Gasteiger partial charge on any atom is -0.271 e. The first kappa shape index (κ1) is 10.8. The van der Waals surface area contributed by atoms with Gasteiger partial charge in [0.2, 0.25) is 0 Å². The summed E-state index contributed by atoms with van der Waals surface area (Å²) in [7, 11) is 0. The third-order valence-corrected chi connectivity index (χ3v) is 4.50. The summed E-state index contributed by atoms with van der Waals surface area (Å²) < 4.78 is 0. The highest BCUT2D eigenvalue weighted by atomic mass is 32.1. The van der Waals surface area contributed by atoms with Crippen molar-refractivity contribution in [2.45, 2.75) is 19.9 Å². The van der Waals surface area contributed by atoms with Crippen molar-refractivity contribution in [3.05, 3.63) is 43.8 Å². The van der Waals surface area contributed by atoms with Gasteiger partial charge in [0.15, 0.2) is 0 Å². The molecule has 2 rings (SSSR count). The average Bonchev–Trinajstić information content (AvgIpc) is 2.80. The van der Waals surface area contributed by atoms with E-state index in [0.29, 0.717) is 0 Å². The lowest BCUT2D eigenvalue weighted by molar-refractivity contribution is 0.643. The van der Waals surface area contributed by atoms with E-state index in [4.69, 9.17) is 5.84 Å². The quantitative estimate of drug-likeness (QED) is 0.637. The van der Waals surface area contributed by atoms with Gasteiger partial charge in [-0.2, -0.15) is 11.3 Å². The van der Waals surface area contributed by atoms with Gasteiger partial charge in [0.05, 0.1) is 6.04 Å². The van der Waals surface area contributed by atoms with Gasteiger partial charge in [-0.15, -0.1) is 11.3 Å². The normalized spacial score (nSPS) is 13.0. The van der Waals surface area contributed by atoms with E-state index in [2.05, 4.69) is 41.5 Å². The molecule has 15 heavy (non-hydrogen) atoms. The molecular formula is C11H14N2S2. The highest BCUT2D eigenvalue weighted by molar-refractivity contribution is 7.10. The summed E-state index contributed by atoms with van der Waals surface area (Å²) in [6.45, 7) is 4.25. The number of rotatable bonds is 3. The summed E-state index contributed by atoms with van der Waals surface area (Å²) in [4.78, 5) is 1.30. The van der Waals surface area contributed by atoms with Crippen LogP contribution in [0.2, 0.25) is 0 Å². The van der Waals surface area contributed by atoms with Crippen molar-refractivity contribution >= 4 is 22.7 Å². The molecule has 2 heterocycles. The van der Waals surface area contributed by atoms with Gasteiger partial charge < -0.3 is 0 Å². The summed E-state index contributed by atoms with van der Waals surface area (Å²) in [5, 5.41) is 6.43. The van der Waals surface area contributed by atoms with Crippen molar-refractivity contribution in [3.8, 4) is 0 Å². The molecule has 1 atom stereocenters. The predicted molar refractivity (Wildman–Crippen MR) is 67.3 cm³/mol. The molecular weight excluding hydrogens is 224 g/mol. The van der Waals surface area contributed by atoms with Crippen LogP contribution in [0.3, 0.4) is 0 Å². The van der Waals surface area contributed by atoms with Crippen LogP contribution in [0.25, 0.3) is 0 Å². The molecule has 0 aliphatic carbocycles. The fraction of sp³-hybridized carbons (Fsp3) is 0.273. The van der Waals surface area contributed by atoms with Crippen LogP contribution in [0.1, 0.15) is 27.6 Å². The molecule has 0 saturated heterocycles. The van der Waals surface area contributed by atoms with Crippen LogP contribution >= 0.6 is 22.7 Å². The van der Waals surface area contributed by atoms with E-state index in [9.17, 15) is 0 Å². The Balaban J connectivity index is 2.41. The molecule has 0 aliphatic heterocycles. The van der Waals surface area contributed by atoms with Gasteiger partial charge in [-0.05, 0) is 52.7 Å². The molecule has 0 spiro atoms. The monoisotopic (exact) mass is 238 g/mol. The molecule has 2 aromatic heterocycles. The topological polar surface area (TPSA) is 38.0 Å². The van der Waals surface area contributed by atoms with E-state index in [1.807, 2.05) is 0 Å². The van der Waals surface area contributed by atoms with Crippen molar-refractivity contribution in [1.29, 1.82) is 0 Å². The van der Waals surface area contributed by atoms with Crippen LogP contribution in [-0.4, -0.2) is 0 Å². The highest BCUT2D eigenvalue weighted by Crippen LogP contribution is 2.31. The Morgan fingerprint density at radius 1 is 1.27 bits per heavy atom. The molecule has 4 heteroatoms. The van der Waals surface area contributed by atoms with Crippen LogP contribution in [-0.2, 0) is 0 Å². The zero-order valence-corrected chi connectivity index (χ0v) is 10.4. The van der Waals surface area contributed by atoms with Crippen LogP contribution in [0.4, 0.5) is 0 Å². The van der Waals surface area contributed by atoms with E-state index >= 15 is 0 Å². The maximum absolute atomic E-state index is 5.65. The largest absolute Gasteiger partial charge is 0.271 e. The standard InChI is InChI=1S/C11H14N2S2/c1-7-3-4-15-11(7)10(13-12)9-6-14-5-8(9)2/h3-6,10,13H,12H2,1-2H3. The molecule has 0 aromatic carbocycles. The van der Waals surface area contributed by atoms with Crippen LogP contribution in [0.5, 0.6) is 0 Å². The lowest BCUT2D eigenvalue weighted by Crippen LogP contribution is -2.28. The summed E-state index contributed by atoms with van der Waals surface area (Å²) in [5.41, 5.74) is 6.79. The second-order valence-corrected chi connectivity index (χ2v) is 5.27. The Morgan fingerprint density at radius 2 is 2.07 bits per heavy atom. The highest BCUT2D eigenvalue weighted by Gasteiger charge is 2.18. The van der Waals surface area contributed by atoms with Gasteiger partial charge in [-0.1, -0.05) is 0 Å². The number of hydrogen-bond donors (Lipinski definition) is 2. The van der Waals surface area contributed by atoms with Crippen molar-refractivity contribution in [3.63, 3.8) is 0 Å². The van der Waals surface area contributed by atoms with E-state index < -0.39 is 0 Å². The first-order valence-corrected chi connectivity index (χ1v) is 6.59. The fourth-order valence-corrected chi connectivity index (χ4v) is 3.53. The Kier molecular flexibility index (Phi) is 3.21. The van der Waals surface area contributed by atoms with Gasteiger partial charge in [-0.3, -0.25) is 5.84 Å². The second-order valence-electron chi connectivity index (χ2n) is 3.58. The van der Waals surface area contributed by atoms with E-state index in [1.54, 1.807) is 22.7 Å². The van der Waals surface area contributed by atoms with E-state index in [1.165, 1.54) is 21.6 Å². The molecule has 0 radical (unpaired) electrons. The lowest BCUT2D eigenvalue weighted by Gasteiger charge is -2.15. The van der Waals surface area contributed by atoms with Crippen molar-refractivity contribution < 1.29 is 0 Å². The van der Waals surface area contributed by atoms with Gasteiger partial charge in [-0.25, -0.2) is 5.43 Å². The maximum Gasteiger partial charge on any atom is 0.0815 e. The molecule has 3 N–H and O–H groups in total. The first-order chi connectivity index (χ1) is 7.24. The number of hydrazine groups is 1. The Hall–Kier alpha value is -0.680. The minimum atomic E-state index is 0.135. The van der Waals surface area contributed by atoms with Crippen molar-refractivity contribution in [1.82, 2.24) is 5.43 Å². The summed E-state index contributed by atoms with van der Waals surface area (Å²) in [5.74, 6) is 5.65. The van der Waals surface area contributed by atoms with Gasteiger partial charge in [0.1, 0.15) is 0 Å². The third-order valence-electron chi connectivity index (χ3n) is 2.54. The Labute approximate surface area is 97.7 Å². The molecule has 0 bridgehead atoms. The molecule has 1 unspecified atom stereocenters.